The Hall–Kier alpha value is -2.32. The van der Waals surface area contributed by atoms with Crippen LogP contribution < -0.4 is 10.5 Å². The topological polar surface area (TPSA) is 115 Å². The molecule has 0 bridgehead atoms. The highest BCUT2D eigenvalue weighted by Gasteiger charge is 2.19. The molecule has 0 saturated carbocycles. The first-order valence-corrected chi connectivity index (χ1v) is 7.48. The van der Waals surface area contributed by atoms with Crippen molar-refractivity contribution in [3.63, 3.8) is 0 Å². The summed E-state index contributed by atoms with van der Waals surface area (Å²) in [6, 6.07) is 9.47. The number of nitrogens with one attached hydrogen (secondary N) is 1. The van der Waals surface area contributed by atoms with E-state index in [0.29, 0.717) is 0 Å². The van der Waals surface area contributed by atoms with Crippen molar-refractivity contribution in [1.29, 1.82) is 0 Å². The maximum absolute atomic E-state index is 12.2. The van der Waals surface area contributed by atoms with E-state index in [-0.39, 0.29) is 27.0 Å². The Morgan fingerprint density at radius 3 is 2.43 bits per heavy atom. The van der Waals surface area contributed by atoms with Crippen LogP contribution in [-0.2, 0) is 10.0 Å². The van der Waals surface area contributed by atoms with Gasteiger partial charge in [0.15, 0.2) is 0 Å². The molecule has 0 aliphatic carbocycles. The van der Waals surface area contributed by atoms with Crippen molar-refractivity contribution in [1.82, 2.24) is 0 Å². The summed E-state index contributed by atoms with van der Waals surface area (Å²) < 4.78 is 26.7. The zero-order chi connectivity index (χ0) is 15.6. The molecule has 0 unspecified atom stereocenters. The fourth-order valence-electron chi connectivity index (χ4n) is 1.61. The smallest absolute Gasteiger partial charge is 0.292 e. The summed E-state index contributed by atoms with van der Waals surface area (Å²) in [5.41, 5.74) is 5.10. The van der Waals surface area contributed by atoms with E-state index in [2.05, 4.69) is 4.72 Å². The van der Waals surface area contributed by atoms with Crippen LogP contribution in [0.1, 0.15) is 0 Å². The van der Waals surface area contributed by atoms with E-state index < -0.39 is 14.9 Å². The summed E-state index contributed by atoms with van der Waals surface area (Å²) in [6.45, 7) is 0. The van der Waals surface area contributed by atoms with Gasteiger partial charge in [-0.3, -0.25) is 14.8 Å². The molecule has 2 aromatic carbocycles. The molecule has 0 saturated heterocycles. The third kappa shape index (κ3) is 3.23. The monoisotopic (exact) mass is 327 g/mol. The number of nitro benzene ring substituents is 1. The number of hydrogen-bond donors (Lipinski definition) is 2. The SMILES string of the molecule is Nc1cc(S(=O)(=O)Nc2ccccc2Cl)ccc1[N+](=O)[O-]. The normalized spacial score (nSPS) is 11.1. The summed E-state index contributed by atoms with van der Waals surface area (Å²) in [7, 11) is -3.94. The van der Waals surface area contributed by atoms with Crippen LogP contribution in [0.4, 0.5) is 17.1 Å². The highest BCUT2D eigenvalue weighted by molar-refractivity contribution is 7.92. The number of sulfonamides is 1. The predicted octanol–water partition coefficient (Wildman–Crippen LogP) is 2.63. The Morgan fingerprint density at radius 2 is 1.86 bits per heavy atom. The van der Waals surface area contributed by atoms with Gasteiger partial charge in [0.05, 0.1) is 20.5 Å². The number of benzene rings is 2. The molecule has 0 heterocycles. The van der Waals surface area contributed by atoms with E-state index in [4.69, 9.17) is 17.3 Å². The summed E-state index contributed by atoms with van der Waals surface area (Å²) in [6.07, 6.45) is 0. The summed E-state index contributed by atoms with van der Waals surface area (Å²) in [4.78, 5) is 9.78. The lowest BCUT2D eigenvalue weighted by Crippen LogP contribution is -2.13. The molecule has 0 amide bonds. The Labute approximate surface area is 125 Å². The van der Waals surface area contributed by atoms with Crippen molar-refractivity contribution in [3.05, 3.63) is 57.6 Å². The molecule has 0 spiro atoms. The van der Waals surface area contributed by atoms with E-state index in [0.717, 1.165) is 18.2 Å². The molecule has 0 radical (unpaired) electrons. The zero-order valence-corrected chi connectivity index (χ0v) is 12.1. The molecular formula is C12H10ClN3O4S. The molecule has 7 nitrogen and oxygen atoms in total. The van der Waals surface area contributed by atoms with Crippen LogP contribution in [0.5, 0.6) is 0 Å². The van der Waals surface area contributed by atoms with E-state index in [1.807, 2.05) is 0 Å². The van der Waals surface area contributed by atoms with Crippen molar-refractivity contribution >= 4 is 38.7 Å². The van der Waals surface area contributed by atoms with Crippen molar-refractivity contribution in [2.24, 2.45) is 0 Å². The van der Waals surface area contributed by atoms with Crippen molar-refractivity contribution in [3.8, 4) is 0 Å². The van der Waals surface area contributed by atoms with Crippen molar-refractivity contribution in [2.45, 2.75) is 4.90 Å². The molecule has 3 N–H and O–H groups in total. The number of para-hydroxylation sites is 1. The van der Waals surface area contributed by atoms with Gasteiger partial charge >= 0.3 is 0 Å². The molecule has 21 heavy (non-hydrogen) atoms. The fraction of sp³-hybridized carbons (Fsp3) is 0. The minimum atomic E-state index is -3.94. The summed E-state index contributed by atoms with van der Waals surface area (Å²) >= 11 is 5.87. The minimum Gasteiger partial charge on any atom is -0.393 e. The van der Waals surface area contributed by atoms with E-state index in [1.54, 1.807) is 12.1 Å². The van der Waals surface area contributed by atoms with Crippen LogP contribution in [0.25, 0.3) is 0 Å². The van der Waals surface area contributed by atoms with Gasteiger partial charge in [0.2, 0.25) is 0 Å². The summed E-state index contributed by atoms with van der Waals surface area (Å²) in [5, 5.41) is 10.9. The second kappa shape index (κ2) is 5.58. The number of halogens is 1. The Morgan fingerprint density at radius 1 is 1.19 bits per heavy atom. The van der Waals surface area contributed by atoms with Crippen molar-refractivity contribution < 1.29 is 13.3 Å². The number of nitro groups is 1. The first-order chi connectivity index (χ1) is 9.81. The van der Waals surface area contributed by atoms with Crippen LogP contribution in [-0.4, -0.2) is 13.3 Å². The quantitative estimate of drug-likeness (QED) is 0.508. The Kier molecular flexibility index (Phi) is 4.01. The highest BCUT2D eigenvalue weighted by Crippen LogP contribution is 2.27. The lowest BCUT2D eigenvalue weighted by atomic mass is 10.3. The predicted molar refractivity (Wildman–Crippen MR) is 79.8 cm³/mol. The average molecular weight is 328 g/mol. The molecular weight excluding hydrogens is 318 g/mol. The molecule has 2 rings (SSSR count). The number of hydrogen-bond acceptors (Lipinski definition) is 5. The number of rotatable bonds is 4. The van der Waals surface area contributed by atoms with Crippen LogP contribution in [0.3, 0.4) is 0 Å². The zero-order valence-electron chi connectivity index (χ0n) is 10.5. The van der Waals surface area contributed by atoms with Gasteiger partial charge in [-0.2, -0.15) is 0 Å². The summed E-state index contributed by atoms with van der Waals surface area (Å²) in [5.74, 6) is 0. The molecule has 9 heteroatoms. The first-order valence-electron chi connectivity index (χ1n) is 5.62. The second-order valence-corrected chi connectivity index (χ2v) is 6.15. The standard InChI is InChI=1S/C12H10ClN3O4S/c13-9-3-1-2-4-11(9)15-21(19,20)8-5-6-12(16(17)18)10(14)7-8/h1-7,15H,14H2. The third-order valence-electron chi connectivity index (χ3n) is 2.62. The number of nitrogen functional groups attached to an aromatic ring is 1. The van der Waals surface area contributed by atoms with Crippen LogP contribution in [0.2, 0.25) is 5.02 Å². The maximum Gasteiger partial charge on any atom is 0.292 e. The molecule has 2 aromatic rings. The molecule has 0 aliphatic rings. The van der Waals surface area contributed by atoms with E-state index in [1.165, 1.54) is 12.1 Å². The molecule has 0 aliphatic heterocycles. The minimum absolute atomic E-state index is 0.189. The van der Waals surface area contributed by atoms with Gasteiger partial charge in [-0.05, 0) is 24.3 Å². The first kappa shape index (κ1) is 15.1. The van der Waals surface area contributed by atoms with Crippen LogP contribution in [0, 0.1) is 10.1 Å². The van der Waals surface area contributed by atoms with Gasteiger partial charge in [0.25, 0.3) is 15.7 Å². The van der Waals surface area contributed by atoms with Gasteiger partial charge < -0.3 is 5.73 Å². The number of nitrogens with two attached hydrogens (primary N) is 1. The van der Waals surface area contributed by atoms with E-state index in [9.17, 15) is 18.5 Å². The molecule has 110 valence electrons. The fourth-order valence-corrected chi connectivity index (χ4v) is 2.97. The van der Waals surface area contributed by atoms with Crippen LogP contribution in [0.15, 0.2) is 47.4 Å². The lowest BCUT2D eigenvalue weighted by Gasteiger charge is -2.10. The van der Waals surface area contributed by atoms with Crippen LogP contribution >= 0.6 is 11.6 Å². The van der Waals surface area contributed by atoms with E-state index >= 15 is 0 Å². The average Bonchev–Trinajstić information content (AvgIpc) is 2.40. The molecule has 0 atom stereocenters. The molecule has 0 aromatic heterocycles. The molecule has 0 fully saturated rings. The Balaban J connectivity index is 2.39. The second-order valence-electron chi connectivity index (χ2n) is 4.06. The van der Waals surface area contributed by atoms with Gasteiger partial charge in [-0.25, -0.2) is 8.42 Å². The maximum atomic E-state index is 12.2. The van der Waals surface area contributed by atoms with Gasteiger partial charge in [-0.1, -0.05) is 23.7 Å². The number of nitrogens with zero attached hydrogens (tertiary/aromatic N) is 1. The Bertz CT molecular complexity index is 808. The number of anilines is 2. The van der Waals surface area contributed by atoms with Crippen molar-refractivity contribution in [2.75, 3.05) is 10.5 Å². The van der Waals surface area contributed by atoms with Gasteiger partial charge in [0.1, 0.15) is 5.69 Å². The van der Waals surface area contributed by atoms with Gasteiger partial charge in [0, 0.05) is 6.07 Å². The third-order valence-corrected chi connectivity index (χ3v) is 4.32. The highest BCUT2D eigenvalue weighted by atomic mass is 35.5. The van der Waals surface area contributed by atoms with Gasteiger partial charge in [-0.15, -0.1) is 0 Å². The largest absolute Gasteiger partial charge is 0.393 e. The lowest BCUT2D eigenvalue weighted by molar-refractivity contribution is -0.383.